The third-order valence-electron chi connectivity index (χ3n) is 4.22. The number of hydrogen-bond donors (Lipinski definition) is 3. The molecule has 2 amide bonds. The van der Waals surface area contributed by atoms with Crippen molar-refractivity contribution >= 4 is 17.5 Å². The molecule has 0 saturated carbocycles. The smallest absolute Gasteiger partial charge is 0.313 e. The molecule has 0 radical (unpaired) electrons. The zero-order valence-electron chi connectivity index (χ0n) is 14.0. The minimum absolute atomic E-state index is 0.432. The maximum atomic E-state index is 12.1. The molecular weight excluding hydrogens is 318 g/mol. The molecule has 2 aromatic rings. The molecule has 2 aromatic carbocycles. The minimum Gasteiger partial charge on any atom is -0.390 e. The fourth-order valence-corrected chi connectivity index (χ4v) is 2.95. The topological polar surface area (TPSA) is 81.7 Å². The summed E-state index contributed by atoms with van der Waals surface area (Å²) in [7, 11) is 1.85. The molecule has 25 heavy (non-hydrogen) atoms. The standard InChI is InChI=1S/C19H21N3O3/c1-22-11-16(17(23)12-22)21-19(25)18(24)20-15-9-5-8-14(10-15)13-6-3-2-4-7-13/h2-10,16-17,23H,11-12H2,1H3,(H,20,24)(H,21,25)/t16-,17-/m1/s1. The molecule has 3 rings (SSSR count). The Morgan fingerprint density at radius 3 is 2.40 bits per heavy atom. The van der Waals surface area contributed by atoms with E-state index in [1.807, 2.05) is 60.5 Å². The fourth-order valence-electron chi connectivity index (χ4n) is 2.95. The molecule has 0 aromatic heterocycles. The predicted octanol–water partition coefficient (Wildman–Crippen LogP) is 1.08. The summed E-state index contributed by atoms with van der Waals surface area (Å²) in [6.07, 6.45) is -0.664. The second-order valence-electron chi connectivity index (χ2n) is 6.27. The van der Waals surface area contributed by atoms with Crippen molar-refractivity contribution in [3.63, 3.8) is 0 Å². The normalized spacial score (nSPS) is 20.2. The second kappa shape index (κ2) is 7.46. The zero-order chi connectivity index (χ0) is 17.8. The number of rotatable bonds is 3. The Bertz CT molecular complexity index is 764. The van der Waals surface area contributed by atoms with Crippen LogP contribution in [0.2, 0.25) is 0 Å². The van der Waals surface area contributed by atoms with Crippen LogP contribution in [0.4, 0.5) is 5.69 Å². The highest BCUT2D eigenvalue weighted by Crippen LogP contribution is 2.22. The van der Waals surface area contributed by atoms with Crippen molar-refractivity contribution in [1.82, 2.24) is 10.2 Å². The van der Waals surface area contributed by atoms with Crippen LogP contribution in [0.25, 0.3) is 11.1 Å². The summed E-state index contributed by atoms with van der Waals surface area (Å²) in [5.41, 5.74) is 2.53. The number of amides is 2. The molecule has 0 spiro atoms. The fraction of sp³-hybridized carbons (Fsp3) is 0.263. The number of aliphatic hydroxyl groups is 1. The summed E-state index contributed by atoms with van der Waals surface area (Å²) >= 11 is 0. The molecular formula is C19H21N3O3. The van der Waals surface area contributed by atoms with E-state index in [9.17, 15) is 14.7 Å². The van der Waals surface area contributed by atoms with E-state index in [1.54, 1.807) is 6.07 Å². The Morgan fingerprint density at radius 2 is 1.72 bits per heavy atom. The molecule has 3 N–H and O–H groups in total. The van der Waals surface area contributed by atoms with Crippen molar-refractivity contribution < 1.29 is 14.7 Å². The van der Waals surface area contributed by atoms with Gasteiger partial charge in [0, 0.05) is 18.8 Å². The third-order valence-corrected chi connectivity index (χ3v) is 4.22. The summed E-state index contributed by atoms with van der Waals surface area (Å²) in [6.45, 7) is 0.995. The van der Waals surface area contributed by atoms with Gasteiger partial charge in [0.2, 0.25) is 0 Å². The first kappa shape index (κ1) is 17.1. The lowest BCUT2D eigenvalue weighted by Gasteiger charge is -2.15. The molecule has 0 unspecified atom stereocenters. The number of benzene rings is 2. The van der Waals surface area contributed by atoms with Crippen molar-refractivity contribution in [2.75, 3.05) is 25.5 Å². The number of likely N-dealkylation sites (N-methyl/N-ethyl adjacent to an activating group) is 1. The predicted molar refractivity (Wildman–Crippen MR) is 95.9 cm³/mol. The minimum atomic E-state index is -0.746. The first-order chi connectivity index (χ1) is 12.0. The van der Waals surface area contributed by atoms with Crippen molar-refractivity contribution in [3.8, 4) is 11.1 Å². The molecule has 130 valence electrons. The van der Waals surface area contributed by atoms with Crippen LogP contribution in [-0.2, 0) is 9.59 Å². The highest BCUT2D eigenvalue weighted by atomic mass is 16.3. The van der Waals surface area contributed by atoms with E-state index in [4.69, 9.17) is 0 Å². The number of nitrogens with one attached hydrogen (secondary N) is 2. The molecule has 1 fully saturated rings. The van der Waals surface area contributed by atoms with E-state index in [-0.39, 0.29) is 0 Å². The van der Waals surface area contributed by atoms with Gasteiger partial charge in [0.15, 0.2) is 0 Å². The Balaban J connectivity index is 1.64. The summed E-state index contributed by atoms with van der Waals surface area (Å²) in [5.74, 6) is -1.49. The number of β-amino-alcohol motifs (C(OH)–C–C–N with tert-alkyl or cyclic N) is 1. The van der Waals surface area contributed by atoms with Gasteiger partial charge in [0.25, 0.3) is 0 Å². The van der Waals surface area contributed by atoms with Gasteiger partial charge < -0.3 is 20.6 Å². The van der Waals surface area contributed by atoms with Crippen LogP contribution in [0.5, 0.6) is 0 Å². The van der Waals surface area contributed by atoms with E-state index >= 15 is 0 Å². The average molecular weight is 339 g/mol. The molecule has 1 saturated heterocycles. The van der Waals surface area contributed by atoms with Crippen molar-refractivity contribution in [1.29, 1.82) is 0 Å². The van der Waals surface area contributed by atoms with Gasteiger partial charge in [0.1, 0.15) is 0 Å². The van der Waals surface area contributed by atoms with E-state index in [1.165, 1.54) is 0 Å². The van der Waals surface area contributed by atoms with Gasteiger partial charge in [-0.3, -0.25) is 9.59 Å². The molecule has 2 atom stereocenters. The van der Waals surface area contributed by atoms with Gasteiger partial charge in [-0.15, -0.1) is 0 Å². The number of aliphatic hydroxyl groups excluding tert-OH is 1. The molecule has 0 aliphatic carbocycles. The van der Waals surface area contributed by atoms with E-state index in [2.05, 4.69) is 10.6 Å². The highest BCUT2D eigenvalue weighted by Gasteiger charge is 2.31. The summed E-state index contributed by atoms with van der Waals surface area (Å²) in [4.78, 5) is 26.1. The van der Waals surface area contributed by atoms with Crippen LogP contribution in [0.15, 0.2) is 54.6 Å². The van der Waals surface area contributed by atoms with Crippen molar-refractivity contribution in [3.05, 3.63) is 54.6 Å². The summed E-state index contributed by atoms with van der Waals surface area (Å²) < 4.78 is 0. The quantitative estimate of drug-likeness (QED) is 0.731. The lowest BCUT2D eigenvalue weighted by atomic mass is 10.1. The van der Waals surface area contributed by atoms with Crippen LogP contribution in [0, 0.1) is 0 Å². The van der Waals surface area contributed by atoms with Crippen molar-refractivity contribution in [2.45, 2.75) is 12.1 Å². The van der Waals surface area contributed by atoms with Crippen molar-refractivity contribution in [2.24, 2.45) is 0 Å². The molecule has 6 nitrogen and oxygen atoms in total. The summed E-state index contributed by atoms with van der Waals surface area (Å²) in [5, 5.41) is 15.0. The molecule has 1 heterocycles. The number of carbonyl (C=O) groups is 2. The zero-order valence-corrected chi connectivity index (χ0v) is 14.0. The number of likely N-dealkylation sites (tertiary alicyclic amines) is 1. The Morgan fingerprint density at radius 1 is 1.00 bits per heavy atom. The maximum Gasteiger partial charge on any atom is 0.313 e. The first-order valence-electron chi connectivity index (χ1n) is 8.17. The van der Waals surface area contributed by atoms with E-state index in [0.29, 0.717) is 18.8 Å². The van der Waals surface area contributed by atoms with Gasteiger partial charge in [-0.25, -0.2) is 0 Å². The average Bonchev–Trinajstić information content (AvgIpc) is 2.93. The van der Waals surface area contributed by atoms with Crippen LogP contribution in [0.3, 0.4) is 0 Å². The largest absolute Gasteiger partial charge is 0.390 e. The first-order valence-corrected chi connectivity index (χ1v) is 8.17. The van der Waals surface area contributed by atoms with Crippen LogP contribution >= 0.6 is 0 Å². The number of hydrogen-bond acceptors (Lipinski definition) is 4. The Labute approximate surface area is 146 Å². The van der Waals surface area contributed by atoms with Crippen LogP contribution < -0.4 is 10.6 Å². The number of nitrogens with zero attached hydrogens (tertiary/aromatic N) is 1. The number of anilines is 1. The second-order valence-corrected chi connectivity index (χ2v) is 6.27. The van der Waals surface area contributed by atoms with Crippen LogP contribution in [-0.4, -0.2) is 54.1 Å². The lowest BCUT2D eigenvalue weighted by Crippen LogP contribution is -2.47. The summed E-state index contributed by atoms with van der Waals surface area (Å²) in [6, 6.07) is 16.7. The highest BCUT2D eigenvalue weighted by molar-refractivity contribution is 6.39. The van der Waals surface area contributed by atoms with Gasteiger partial charge in [-0.1, -0.05) is 42.5 Å². The number of carbonyl (C=O) groups excluding carboxylic acids is 2. The van der Waals surface area contributed by atoms with Gasteiger partial charge in [-0.05, 0) is 30.3 Å². The van der Waals surface area contributed by atoms with Gasteiger partial charge >= 0.3 is 11.8 Å². The van der Waals surface area contributed by atoms with E-state index in [0.717, 1.165) is 11.1 Å². The van der Waals surface area contributed by atoms with E-state index < -0.39 is 24.0 Å². The lowest BCUT2D eigenvalue weighted by molar-refractivity contribution is -0.136. The van der Waals surface area contributed by atoms with Gasteiger partial charge in [0.05, 0.1) is 12.1 Å². The van der Waals surface area contributed by atoms with Crippen LogP contribution in [0.1, 0.15) is 0 Å². The molecule has 1 aliphatic rings. The SMILES string of the molecule is CN1C[C@@H](O)[C@H](NC(=O)C(=O)Nc2cccc(-c3ccccc3)c2)C1. The molecule has 0 bridgehead atoms. The molecule has 1 aliphatic heterocycles. The third kappa shape index (κ3) is 4.23. The van der Waals surface area contributed by atoms with Gasteiger partial charge in [-0.2, -0.15) is 0 Å². The Kier molecular flexibility index (Phi) is 5.11. The maximum absolute atomic E-state index is 12.1. The Hall–Kier alpha value is -2.70. The monoisotopic (exact) mass is 339 g/mol. The molecule has 6 heteroatoms.